The van der Waals surface area contributed by atoms with Crippen molar-refractivity contribution >= 4 is 22.6 Å². The molecular formula is C10H12IN5O4. The molecule has 1 saturated heterocycles. The van der Waals surface area contributed by atoms with Crippen LogP contribution >= 0.6 is 22.6 Å². The van der Waals surface area contributed by atoms with E-state index >= 15 is 0 Å². The summed E-state index contributed by atoms with van der Waals surface area (Å²) >= 11 is 1.94. The van der Waals surface area contributed by atoms with E-state index in [-0.39, 0.29) is 10.8 Å². The lowest BCUT2D eigenvalue weighted by Gasteiger charge is -2.24. The molecule has 9 nitrogen and oxygen atoms in total. The summed E-state index contributed by atoms with van der Waals surface area (Å²) in [6, 6.07) is 0. The second-order valence-corrected chi connectivity index (χ2v) is 5.23. The predicted molar refractivity (Wildman–Crippen MR) is 77.6 cm³/mol. The molecule has 0 radical (unpaired) electrons. The second kappa shape index (κ2) is 5.56. The van der Waals surface area contributed by atoms with E-state index in [1.165, 1.54) is 10.8 Å². The van der Waals surface area contributed by atoms with Gasteiger partial charge in [-0.1, -0.05) is 27.7 Å². The molecule has 0 aromatic carbocycles. The number of hydrogen-bond acceptors (Lipinski definition) is 5. The first kappa shape index (κ1) is 15.0. The van der Waals surface area contributed by atoms with Crippen molar-refractivity contribution in [3.63, 3.8) is 0 Å². The Morgan fingerprint density at radius 1 is 1.75 bits per heavy atom. The highest BCUT2D eigenvalue weighted by molar-refractivity contribution is 14.1. The lowest BCUT2D eigenvalue weighted by molar-refractivity contribution is -0.0820. The third-order valence-electron chi connectivity index (χ3n) is 3.15. The van der Waals surface area contributed by atoms with Gasteiger partial charge in [0.1, 0.15) is 6.23 Å². The van der Waals surface area contributed by atoms with Crippen LogP contribution in [0.4, 0.5) is 0 Å². The van der Waals surface area contributed by atoms with Crippen molar-refractivity contribution in [1.82, 2.24) is 9.55 Å². The number of aryl methyl sites for hydroxylation is 1. The number of aliphatic hydroxyl groups is 1. The summed E-state index contributed by atoms with van der Waals surface area (Å²) in [5, 5.41) is 13.5. The number of aromatic amines is 1. The summed E-state index contributed by atoms with van der Waals surface area (Å²) < 4.78 is 7.00. The maximum absolute atomic E-state index is 11.8. The van der Waals surface area contributed by atoms with Crippen molar-refractivity contribution in [3.8, 4) is 0 Å². The molecule has 1 aliphatic rings. The zero-order chi connectivity index (χ0) is 14.9. The maximum atomic E-state index is 11.8. The van der Waals surface area contributed by atoms with Crippen LogP contribution in [0.2, 0.25) is 0 Å². The second-order valence-electron chi connectivity index (χ2n) is 4.47. The van der Waals surface area contributed by atoms with Gasteiger partial charge in [0.2, 0.25) is 0 Å². The molecule has 20 heavy (non-hydrogen) atoms. The number of halogens is 1. The largest absolute Gasteiger partial charge is 0.390 e. The minimum absolute atomic E-state index is 0.0907. The van der Waals surface area contributed by atoms with E-state index in [0.717, 1.165) is 0 Å². The molecule has 1 aromatic rings. The average molecular weight is 393 g/mol. The van der Waals surface area contributed by atoms with Crippen LogP contribution in [-0.4, -0.2) is 30.9 Å². The van der Waals surface area contributed by atoms with E-state index in [0.29, 0.717) is 5.56 Å². The van der Waals surface area contributed by atoms with Crippen LogP contribution in [0, 0.1) is 6.92 Å². The normalized spacial score (nSPS) is 29.1. The van der Waals surface area contributed by atoms with Gasteiger partial charge in [-0.25, -0.2) is 4.79 Å². The lowest BCUT2D eigenvalue weighted by atomic mass is 10.1. The Morgan fingerprint density at radius 2 is 2.45 bits per heavy atom. The number of nitrogens with zero attached hydrogens (tertiary/aromatic N) is 4. The van der Waals surface area contributed by atoms with Crippen molar-refractivity contribution < 1.29 is 9.84 Å². The Labute approximate surface area is 126 Å². The molecule has 1 aliphatic heterocycles. The minimum Gasteiger partial charge on any atom is -0.390 e. The van der Waals surface area contributed by atoms with Crippen molar-refractivity contribution in [3.05, 3.63) is 43.0 Å². The first-order valence-electron chi connectivity index (χ1n) is 5.73. The molecule has 0 bridgehead atoms. The van der Waals surface area contributed by atoms with Gasteiger partial charge in [0.05, 0.1) is 6.10 Å². The highest BCUT2D eigenvalue weighted by Crippen LogP contribution is 2.38. The summed E-state index contributed by atoms with van der Waals surface area (Å²) in [5.41, 5.74) is 6.42. The molecule has 108 valence electrons. The quantitative estimate of drug-likeness (QED) is 0.255. The fourth-order valence-corrected chi connectivity index (χ4v) is 2.86. The van der Waals surface area contributed by atoms with Crippen LogP contribution in [0.3, 0.4) is 0 Å². The monoisotopic (exact) mass is 393 g/mol. The van der Waals surface area contributed by atoms with Crippen LogP contribution in [0.15, 0.2) is 20.9 Å². The van der Waals surface area contributed by atoms with Crippen molar-refractivity contribution in [2.24, 2.45) is 5.11 Å². The van der Waals surface area contributed by atoms with Crippen LogP contribution in [-0.2, 0) is 4.74 Å². The fourth-order valence-electron chi connectivity index (χ4n) is 2.02. The SMILES string of the molecule is Cc1cn([C@H]2C[C@H](O)[C@](CI)(N=[N+]=[N-])O2)c(=O)[nH]c1=O. The number of ether oxygens (including phenoxy) is 1. The van der Waals surface area contributed by atoms with E-state index in [2.05, 4.69) is 15.0 Å². The van der Waals surface area contributed by atoms with Gasteiger partial charge in [-0.05, 0) is 12.5 Å². The maximum Gasteiger partial charge on any atom is 0.330 e. The van der Waals surface area contributed by atoms with Gasteiger partial charge in [0.25, 0.3) is 5.56 Å². The topological polar surface area (TPSA) is 133 Å². The smallest absolute Gasteiger partial charge is 0.330 e. The summed E-state index contributed by atoms with van der Waals surface area (Å²) in [6.45, 7) is 1.55. The third kappa shape index (κ3) is 2.46. The van der Waals surface area contributed by atoms with Crippen molar-refractivity contribution in [2.75, 3.05) is 4.43 Å². The zero-order valence-electron chi connectivity index (χ0n) is 10.5. The van der Waals surface area contributed by atoms with E-state index in [9.17, 15) is 14.7 Å². The van der Waals surface area contributed by atoms with Crippen LogP contribution in [0.1, 0.15) is 18.2 Å². The average Bonchev–Trinajstić information content (AvgIpc) is 2.72. The van der Waals surface area contributed by atoms with Crippen LogP contribution in [0.5, 0.6) is 0 Å². The standard InChI is InChI=1S/C10H12IN5O4/c1-5-3-16(9(19)13-8(5)18)7-2-6(17)10(4-11,20-7)14-15-12/h3,6-7,17H,2,4H2,1H3,(H,13,18,19)/t6-,7+,10+/m0/s1. The Kier molecular flexibility index (Phi) is 4.18. The molecule has 2 rings (SSSR count). The molecule has 1 aromatic heterocycles. The molecular weight excluding hydrogens is 381 g/mol. The molecule has 3 atom stereocenters. The molecule has 2 N–H and O–H groups in total. The lowest BCUT2D eigenvalue weighted by Crippen LogP contribution is -2.39. The number of aliphatic hydroxyl groups excluding tert-OH is 1. The molecule has 2 heterocycles. The number of nitrogens with one attached hydrogen (secondary N) is 1. The van der Waals surface area contributed by atoms with Crippen molar-refractivity contribution in [2.45, 2.75) is 31.4 Å². The number of rotatable bonds is 3. The third-order valence-corrected chi connectivity index (χ3v) is 4.24. The summed E-state index contributed by atoms with van der Waals surface area (Å²) in [4.78, 5) is 28.0. The molecule has 1 fully saturated rings. The van der Waals surface area contributed by atoms with Gasteiger partial charge >= 0.3 is 5.69 Å². The molecule has 10 heteroatoms. The van der Waals surface area contributed by atoms with Gasteiger partial charge < -0.3 is 9.84 Å². The predicted octanol–water partition coefficient (Wildman–Crippen LogP) is 0.566. The van der Waals surface area contributed by atoms with Gasteiger partial charge in [-0.3, -0.25) is 14.3 Å². The molecule has 0 aliphatic carbocycles. The number of alkyl halides is 1. The summed E-state index contributed by atoms with van der Waals surface area (Å²) in [5.74, 6) is 0. The molecule has 0 saturated carbocycles. The number of hydrogen-bond donors (Lipinski definition) is 2. The first-order valence-corrected chi connectivity index (χ1v) is 7.26. The number of azide groups is 1. The Bertz CT molecular complexity index is 679. The Balaban J connectivity index is 2.43. The van der Waals surface area contributed by atoms with Gasteiger partial charge in [0, 0.05) is 27.5 Å². The van der Waals surface area contributed by atoms with E-state index < -0.39 is 29.3 Å². The minimum atomic E-state index is -1.40. The highest BCUT2D eigenvalue weighted by atomic mass is 127. The van der Waals surface area contributed by atoms with E-state index in [1.807, 2.05) is 22.6 Å². The van der Waals surface area contributed by atoms with Gasteiger partial charge in [0.15, 0.2) is 5.72 Å². The first-order chi connectivity index (χ1) is 9.43. The van der Waals surface area contributed by atoms with Crippen LogP contribution in [0.25, 0.3) is 10.4 Å². The molecule has 0 amide bonds. The Hall–Kier alpha value is -1.36. The fraction of sp³-hybridized carbons (Fsp3) is 0.600. The Morgan fingerprint density at radius 3 is 3.05 bits per heavy atom. The molecule has 0 spiro atoms. The van der Waals surface area contributed by atoms with E-state index in [1.54, 1.807) is 6.92 Å². The van der Waals surface area contributed by atoms with Gasteiger partial charge in [-0.2, -0.15) is 0 Å². The summed E-state index contributed by atoms with van der Waals surface area (Å²) in [6.07, 6.45) is -0.376. The van der Waals surface area contributed by atoms with Crippen LogP contribution < -0.4 is 11.2 Å². The van der Waals surface area contributed by atoms with Crippen molar-refractivity contribution in [1.29, 1.82) is 0 Å². The van der Waals surface area contributed by atoms with Gasteiger partial charge in [-0.15, -0.1) is 0 Å². The van der Waals surface area contributed by atoms with E-state index in [4.69, 9.17) is 10.3 Å². The highest BCUT2D eigenvalue weighted by Gasteiger charge is 2.48. The number of aromatic nitrogens is 2. The summed E-state index contributed by atoms with van der Waals surface area (Å²) in [7, 11) is 0. The zero-order valence-corrected chi connectivity index (χ0v) is 12.6. The number of H-pyrrole nitrogens is 1. The molecule has 0 unspecified atom stereocenters.